The van der Waals surface area contributed by atoms with Crippen LogP contribution in [0.4, 0.5) is 4.79 Å². The Hall–Kier alpha value is -1.30. The third kappa shape index (κ3) is 4.67. The van der Waals surface area contributed by atoms with E-state index in [4.69, 9.17) is 9.84 Å². The van der Waals surface area contributed by atoms with Crippen molar-refractivity contribution in [3.8, 4) is 0 Å². The molecule has 0 aromatic carbocycles. The summed E-state index contributed by atoms with van der Waals surface area (Å²) < 4.78 is 5.36. The second-order valence-electron chi connectivity index (χ2n) is 5.96. The van der Waals surface area contributed by atoms with Crippen LogP contribution in [0, 0.1) is 11.8 Å². The highest BCUT2D eigenvalue weighted by atomic mass is 16.5. The SMILES string of the molecule is COC1CN(C(=O)N[C@@H](CC(C)C)C(=O)O)CCC1C. The summed E-state index contributed by atoms with van der Waals surface area (Å²) in [7, 11) is 1.64. The fourth-order valence-electron chi connectivity index (χ4n) is 2.46. The molecule has 1 heterocycles. The highest BCUT2D eigenvalue weighted by Gasteiger charge is 2.30. The number of ether oxygens (including phenoxy) is 1. The van der Waals surface area contributed by atoms with E-state index in [0.29, 0.717) is 25.4 Å². The van der Waals surface area contributed by atoms with E-state index in [9.17, 15) is 9.59 Å². The standard InChI is InChI=1S/C14H26N2O4/c1-9(2)7-11(13(17)18)15-14(19)16-6-5-10(3)12(8-16)20-4/h9-12H,5-8H2,1-4H3,(H,15,19)(H,17,18)/t10?,11-,12?/m0/s1. The summed E-state index contributed by atoms with van der Waals surface area (Å²) in [5, 5.41) is 11.8. The van der Waals surface area contributed by atoms with Crippen molar-refractivity contribution >= 4 is 12.0 Å². The molecule has 0 spiro atoms. The number of aliphatic carboxylic acids is 1. The third-order valence-corrected chi connectivity index (χ3v) is 3.78. The molecule has 2 unspecified atom stereocenters. The number of methoxy groups -OCH3 is 1. The molecule has 1 aliphatic heterocycles. The molecule has 6 nitrogen and oxygen atoms in total. The van der Waals surface area contributed by atoms with E-state index in [0.717, 1.165) is 6.42 Å². The second kappa shape index (κ2) is 7.47. The Balaban J connectivity index is 2.58. The largest absolute Gasteiger partial charge is 0.480 e. The molecule has 1 saturated heterocycles. The first-order valence-corrected chi connectivity index (χ1v) is 7.16. The molecular weight excluding hydrogens is 260 g/mol. The summed E-state index contributed by atoms with van der Waals surface area (Å²) in [6, 6.07) is -1.14. The van der Waals surface area contributed by atoms with Crippen molar-refractivity contribution in [2.45, 2.75) is 45.8 Å². The van der Waals surface area contributed by atoms with Crippen LogP contribution >= 0.6 is 0 Å². The maximum atomic E-state index is 12.2. The van der Waals surface area contributed by atoms with Gasteiger partial charge >= 0.3 is 12.0 Å². The Morgan fingerprint density at radius 1 is 1.45 bits per heavy atom. The predicted octanol–water partition coefficient (Wildman–Crippen LogP) is 1.55. The van der Waals surface area contributed by atoms with E-state index >= 15 is 0 Å². The fraction of sp³-hybridized carbons (Fsp3) is 0.857. The van der Waals surface area contributed by atoms with E-state index < -0.39 is 12.0 Å². The number of nitrogens with zero attached hydrogens (tertiary/aromatic N) is 1. The highest BCUT2D eigenvalue weighted by Crippen LogP contribution is 2.19. The summed E-state index contributed by atoms with van der Waals surface area (Å²) in [6.45, 7) is 7.12. The summed E-state index contributed by atoms with van der Waals surface area (Å²) in [4.78, 5) is 25.0. The first-order valence-electron chi connectivity index (χ1n) is 7.16. The first-order chi connectivity index (χ1) is 9.35. The van der Waals surface area contributed by atoms with Gasteiger partial charge in [-0.15, -0.1) is 0 Å². The van der Waals surface area contributed by atoms with E-state index in [-0.39, 0.29) is 18.1 Å². The molecule has 2 amide bonds. The number of hydrogen-bond acceptors (Lipinski definition) is 3. The monoisotopic (exact) mass is 286 g/mol. The molecular formula is C14H26N2O4. The van der Waals surface area contributed by atoms with Crippen LogP contribution in [0.25, 0.3) is 0 Å². The van der Waals surface area contributed by atoms with Crippen molar-refractivity contribution in [1.29, 1.82) is 0 Å². The number of urea groups is 1. The van der Waals surface area contributed by atoms with Gasteiger partial charge in [-0.2, -0.15) is 0 Å². The van der Waals surface area contributed by atoms with Gasteiger partial charge in [-0.1, -0.05) is 20.8 Å². The molecule has 1 rings (SSSR count). The van der Waals surface area contributed by atoms with Gasteiger partial charge in [0.2, 0.25) is 0 Å². The van der Waals surface area contributed by atoms with Gasteiger partial charge in [0.1, 0.15) is 6.04 Å². The Kier molecular flexibility index (Phi) is 6.26. The summed E-state index contributed by atoms with van der Waals surface area (Å²) >= 11 is 0. The molecule has 0 saturated carbocycles. The zero-order valence-corrected chi connectivity index (χ0v) is 12.8. The maximum Gasteiger partial charge on any atom is 0.326 e. The van der Waals surface area contributed by atoms with Gasteiger partial charge in [0.15, 0.2) is 0 Å². The van der Waals surface area contributed by atoms with Crippen LogP contribution in [-0.4, -0.2) is 54.4 Å². The van der Waals surface area contributed by atoms with Crippen molar-refractivity contribution in [3.63, 3.8) is 0 Å². The van der Waals surface area contributed by atoms with E-state index in [1.165, 1.54) is 0 Å². The van der Waals surface area contributed by atoms with Crippen molar-refractivity contribution in [2.24, 2.45) is 11.8 Å². The van der Waals surface area contributed by atoms with Crippen LogP contribution in [0.5, 0.6) is 0 Å². The molecule has 2 N–H and O–H groups in total. The van der Waals surface area contributed by atoms with Crippen LogP contribution in [0.3, 0.4) is 0 Å². The molecule has 0 radical (unpaired) electrons. The molecule has 20 heavy (non-hydrogen) atoms. The lowest BCUT2D eigenvalue weighted by atomic mass is 9.96. The zero-order chi connectivity index (χ0) is 15.3. The molecule has 116 valence electrons. The molecule has 3 atom stereocenters. The number of piperidine rings is 1. The van der Waals surface area contributed by atoms with Crippen molar-refractivity contribution in [2.75, 3.05) is 20.2 Å². The van der Waals surface area contributed by atoms with Crippen molar-refractivity contribution < 1.29 is 19.4 Å². The number of hydrogen-bond donors (Lipinski definition) is 2. The molecule has 1 fully saturated rings. The summed E-state index contributed by atoms with van der Waals surface area (Å²) in [5.41, 5.74) is 0. The lowest BCUT2D eigenvalue weighted by Gasteiger charge is -2.36. The van der Waals surface area contributed by atoms with E-state index in [1.807, 2.05) is 13.8 Å². The number of likely N-dealkylation sites (tertiary alicyclic amines) is 1. The normalized spacial score (nSPS) is 24.6. The van der Waals surface area contributed by atoms with Gasteiger partial charge < -0.3 is 20.1 Å². The van der Waals surface area contributed by atoms with Gasteiger partial charge in [0.05, 0.1) is 6.10 Å². The Morgan fingerprint density at radius 3 is 2.60 bits per heavy atom. The lowest BCUT2D eigenvalue weighted by molar-refractivity contribution is -0.139. The number of nitrogens with one attached hydrogen (secondary N) is 1. The minimum absolute atomic E-state index is 0.0166. The number of carbonyl (C=O) groups is 2. The van der Waals surface area contributed by atoms with Crippen molar-refractivity contribution in [3.05, 3.63) is 0 Å². The molecule has 0 bridgehead atoms. The Labute approximate surface area is 120 Å². The molecule has 0 aliphatic carbocycles. The molecule has 0 aromatic heterocycles. The van der Waals surface area contributed by atoms with Crippen LogP contribution in [0.2, 0.25) is 0 Å². The summed E-state index contributed by atoms with van der Waals surface area (Å²) in [5.74, 6) is -0.361. The minimum atomic E-state index is -0.985. The van der Waals surface area contributed by atoms with Crippen molar-refractivity contribution in [1.82, 2.24) is 10.2 Å². The molecule has 6 heteroatoms. The Bertz CT molecular complexity index is 346. The van der Waals surface area contributed by atoms with Crippen LogP contribution in [0.1, 0.15) is 33.6 Å². The smallest absolute Gasteiger partial charge is 0.326 e. The average molecular weight is 286 g/mol. The topological polar surface area (TPSA) is 78.9 Å². The fourth-order valence-corrected chi connectivity index (χ4v) is 2.46. The number of carboxylic acids is 1. The number of rotatable bonds is 5. The number of carbonyl (C=O) groups excluding carboxylic acids is 1. The van der Waals surface area contributed by atoms with Crippen LogP contribution in [0.15, 0.2) is 0 Å². The third-order valence-electron chi connectivity index (χ3n) is 3.78. The van der Waals surface area contributed by atoms with Crippen LogP contribution in [-0.2, 0) is 9.53 Å². The van der Waals surface area contributed by atoms with Gasteiger partial charge in [-0.3, -0.25) is 0 Å². The van der Waals surface area contributed by atoms with Gasteiger partial charge in [-0.25, -0.2) is 9.59 Å². The van der Waals surface area contributed by atoms with E-state index in [2.05, 4.69) is 12.2 Å². The lowest BCUT2D eigenvalue weighted by Crippen LogP contribution is -2.53. The zero-order valence-electron chi connectivity index (χ0n) is 12.8. The highest BCUT2D eigenvalue weighted by molar-refractivity contribution is 5.82. The quantitative estimate of drug-likeness (QED) is 0.803. The minimum Gasteiger partial charge on any atom is -0.480 e. The molecule has 0 aromatic rings. The van der Waals surface area contributed by atoms with Gasteiger partial charge in [0, 0.05) is 20.2 Å². The summed E-state index contributed by atoms with van der Waals surface area (Å²) in [6.07, 6.45) is 1.32. The Morgan fingerprint density at radius 2 is 2.10 bits per heavy atom. The molecule has 1 aliphatic rings. The van der Waals surface area contributed by atoms with Crippen LogP contribution < -0.4 is 5.32 Å². The number of amides is 2. The van der Waals surface area contributed by atoms with Gasteiger partial charge in [-0.05, 0) is 24.7 Å². The predicted molar refractivity (Wildman–Crippen MR) is 75.6 cm³/mol. The number of carboxylic acid groups (broad SMARTS) is 1. The van der Waals surface area contributed by atoms with E-state index in [1.54, 1.807) is 12.0 Å². The second-order valence-corrected chi connectivity index (χ2v) is 5.96. The van der Waals surface area contributed by atoms with Gasteiger partial charge in [0.25, 0.3) is 0 Å². The average Bonchev–Trinajstić information content (AvgIpc) is 2.37. The maximum absolute atomic E-state index is 12.2. The first kappa shape index (κ1) is 16.8.